The Balaban J connectivity index is 1.48. The number of carbonyl (C=O) groups excluding carboxylic acids is 1. The Bertz CT molecular complexity index is 1230. The molecule has 6 heteroatoms. The lowest BCUT2D eigenvalue weighted by molar-refractivity contribution is -0.117. The highest BCUT2D eigenvalue weighted by molar-refractivity contribution is 6.02. The number of hydrogen-bond donors (Lipinski definition) is 1. The summed E-state index contributed by atoms with van der Waals surface area (Å²) in [6.07, 6.45) is 5.86. The zero-order valence-electron chi connectivity index (χ0n) is 19.5. The van der Waals surface area contributed by atoms with E-state index in [1.165, 1.54) is 12.1 Å². The Hall–Kier alpha value is -3.85. The molecule has 0 aliphatic heterocycles. The number of carbonyl (C=O) groups is 1. The first-order valence-corrected chi connectivity index (χ1v) is 11.5. The van der Waals surface area contributed by atoms with Gasteiger partial charge in [0, 0.05) is 23.1 Å². The van der Waals surface area contributed by atoms with E-state index in [1.54, 1.807) is 18.2 Å². The zero-order valence-corrected chi connectivity index (χ0v) is 19.5. The molecule has 2 aromatic carbocycles. The summed E-state index contributed by atoms with van der Waals surface area (Å²) in [5.41, 5.74) is 4.75. The van der Waals surface area contributed by atoms with Crippen LogP contribution in [0.2, 0.25) is 0 Å². The lowest BCUT2D eigenvalue weighted by Gasteiger charge is -2.12. The molecule has 1 N–H and O–H groups in total. The van der Waals surface area contributed by atoms with Gasteiger partial charge in [-0.25, -0.2) is 4.39 Å². The van der Waals surface area contributed by atoms with Crippen LogP contribution in [-0.4, -0.2) is 16.5 Å². The van der Waals surface area contributed by atoms with Crippen LogP contribution in [-0.2, 0) is 11.4 Å². The quantitative estimate of drug-likeness (QED) is 0.361. The van der Waals surface area contributed by atoms with Crippen LogP contribution in [0.25, 0.3) is 11.8 Å². The normalized spacial score (nSPS) is 14.1. The van der Waals surface area contributed by atoms with E-state index in [2.05, 4.69) is 16.0 Å². The van der Waals surface area contributed by atoms with E-state index >= 15 is 0 Å². The number of nitriles is 1. The van der Waals surface area contributed by atoms with E-state index in [4.69, 9.17) is 4.74 Å². The Morgan fingerprint density at radius 2 is 1.82 bits per heavy atom. The van der Waals surface area contributed by atoms with Crippen molar-refractivity contribution in [2.75, 3.05) is 0 Å². The van der Waals surface area contributed by atoms with E-state index in [0.29, 0.717) is 12.4 Å². The molecule has 0 radical (unpaired) electrons. The van der Waals surface area contributed by atoms with Crippen molar-refractivity contribution in [3.63, 3.8) is 0 Å². The van der Waals surface area contributed by atoms with Gasteiger partial charge in [0.05, 0.1) is 0 Å². The lowest BCUT2D eigenvalue weighted by Crippen LogP contribution is -2.33. The predicted molar refractivity (Wildman–Crippen MR) is 130 cm³/mol. The topological polar surface area (TPSA) is 67.0 Å². The number of aryl methyl sites for hydroxylation is 1. The average molecular weight is 458 g/mol. The fourth-order valence-corrected chi connectivity index (χ4v) is 4.41. The number of amides is 1. The van der Waals surface area contributed by atoms with Crippen molar-refractivity contribution in [1.82, 2.24) is 9.88 Å². The van der Waals surface area contributed by atoms with Gasteiger partial charge in [-0.15, -0.1) is 0 Å². The van der Waals surface area contributed by atoms with Crippen LogP contribution in [0.5, 0.6) is 5.75 Å². The molecule has 34 heavy (non-hydrogen) atoms. The summed E-state index contributed by atoms with van der Waals surface area (Å²) in [4.78, 5) is 12.6. The van der Waals surface area contributed by atoms with Gasteiger partial charge in [0.25, 0.3) is 5.91 Å². The van der Waals surface area contributed by atoms with Crippen molar-refractivity contribution in [2.24, 2.45) is 0 Å². The molecule has 1 aromatic heterocycles. The van der Waals surface area contributed by atoms with Crippen molar-refractivity contribution >= 4 is 12.0 Å². The minimum absolute atomic E-state index is 0.122. The Labute approximate surface area is 199 Å². The minimum Gasteiger partial charge on any atom is -0.489 e. The first-order valence-electron chi connectivity index (χ1n) is 11.5. The molecule has 1 aliphatic carbocycles. The third-order valence-corrected chi connectivity index (χ3v) is 6.24. The number of halogens is 1. The van der Waals surface area contributed by atoms with Gasteiger partial charge in [-0.3, -0.25) is 4.79 Å². The summed E-state index contributed by atoms with van der Waals surface area (Å²) in [7, 11) is 0. The maximum Gasteiger partial charge on any atom is 0.262 e. The second-order valence-corrected chi connectivity index (χ2v) is 8.70. The molecule has 174 valence electrons. The van der Waals surface area contributed by atoms with E-state index < -0.39 is 0 Å². The minimum atomic E-state index is -0.304. The number of hydrogen-bond acceptors (Lipinski definition) is 3. The molecule has 1 heterocycles. The monoisotopic (exact) mass is 457 g/mol. The molecule has 5 nitrogen and oxygen atoms in total. The molecule has 0 spiro atoms. The summed E-state index contributed by atoms with van der Waals surface area (Å²) in [5.74, 6) is 0.143. The number of ether oxygens (including phenoxy) is 1. The highest BCUT2D eigenvalue weighted by Crippen LogP contribution is 2.25. The molecule has 1 aliphatic rings. The second kappa shape index (κ2) is 10.4. The van der Waals surface area contributed by atoms with E-state index in [9.17, 15) is 14.4 Å². The van der Waals surface area contributed by atoms with Crippen LogP contribution in [0.4, 0.5) is 4.39 Å². The van der Waals surface area contributed by atoms with Gasteiger partial charge in [0.15, 0.2) is 0 Å². The van der Waals surface area contributed by atoms with Gasteiger partial charge in [-0.1, -0.05) is 25.0 Å². The first kappa shape index (κ1) is 23.3. The standard InChI is InChI=1S/C28H28FN3O2/c1-19-15-22(16-23(17-30)28(33)31-25-5-3-4-6-25)20(2)32(19)26-11-13-27(14-12-26)34-18-21-7-9-24(29)10-8-21/h7-16,25H,3-6,18H2,1-2H3,(H,31,33)/b23-16-. The SMILES string of the molecule is Cc1cc(/C=C(/C#N)C(=O)NC2CCCC2)c(C)n1-c1ccc(OCc2ccc(F)cc2)cc1. The van der Waals surface area contributed by atoms with Crippen molar-refractivity contribution in [2.45, 2.75) is 52.2 Å². The molecule has 0 atom stereocenters. The molecule has 1 fully saturated rings. The van der Waals surface area contributed by atoms with Gasteiger partial charge < -0.3 is 14.6 Å². The summed E-state index contributed by atoms with van der Waals surface area (Å²) in [6.45, 7) is 4.32. The molecule has 0 bridgehead atoms. The number of nitrogens with zero attached hydrogens (tertiary/aromatic N) is 2. The number of rotatable bonds is 7. The van der Waals surface area contributed by atoms with Gasteiger partial charge in [-0.05, 0) is 86.4 Å². The van der Waals surface area contributed by atoms with Crippen LogP contribution < -0.4 is 10.1 Å². The fraction of sp³-hybridized carbons (Fsp3) is 0.286. The van der Waals surface area contributed by atoms with Gasteiger partial charge >= 0.3 is 0 Å². The van der Waals surface area contributed by atoms with E-state index in [-0.39, 0.29) is 23.3 Å². The van der Waals surface area contributed by atoms with Crippen LogP contribution in [0.3, 0.4) is 0 Å². The molecule has 1 saturated carbocycles. The van der Waals surface area contributed by atoms with Gasteiger partial charge in [0.2, 0.25) is 0 Å². The van der Waals surface area contributed by atoms with Crippen molar-refractivity contribution in [1.29, 1.82) is 5.26 Å². The third kappa shape index (κ3) is 5.37. The average Bonchev–Trinajstić information content (AvgIpc) is 3.44. The summed E-state index contributed by atoms with van der Waals surface area (Å²) in [5, 5.41) is 12.6. The maximum absolute atomic E-state index is 13.1. The number of benzene rings is 2. The van der Waals surface area contributed by atoms with Crippen LogP contribution >= 0.6 is 0 Å². The summed E-state index contributed by atoms with van der Waals surface area (Å²) in [6, 6.07) is 18.2. The predicted octanol–water partition coefficient (Wildman–Crippen LogP) is 5.78. The molecular weight excluding hydrogens is 429 g/mol. The second-order valence-electron chi connectivity index (χ2n) is 8.70. The summed E-state index contributed by atoms with van der Waals surface area (Å²) >= 11 is 0. The highest BCUT2D eigenvalue weighted by atomic mass is 19.1. The van der Waals surface area contributed by atoms with Gasteiger partial charge in [-0.2, -0.15) is 5.26 Å². The fourth-order valence-electron chi connectivity index (χ4n) is 4.41. The van der Waals surface area contributed by atoms with E-state index in [0.717, 1.165) is 53.9 Å². The zero-order chi connectivity index (χ0) is 24.1. The largest absolute Gasteiger partial charge is 0.489 e. The number of aromatic nitrogens is 1. The lowest BCUT2D eigenvalue weighted by atomic mass is 10.1. The first-order chi connectivity index (χ1) is 16.4. The van der Waals surface area contributed by atoms with Crippen LogP contribution in [0, 0.1) is 31.0 Å². The van der Waals surface area contributed by atoms with Gasteiger partial charge in [0.1, 0.15) is 29.8 Å². The Morgan fingerprint density at radius 3 is 2.47 bits per heavy atom. The Kier molecular flexibility index (Phi) is 7.12. The van der Waals surface area contributed by atoms with E-state index in [1.807, 2.05) is 44.2 Å². The Morgan fingerprint density at radius 1 is 1.15 bits per heavy atom. The van der Waals surface area contributed by atoms with Crippen LogP contribution in [0.1, 0.15) is 48.2 Å². The van der Waals surface area contributed by atoms with Crippen molar-refractivity contribution in [3.05, 3.63) is 88.5 Å². The van der Waals surface area contributed by atoms with Crippen LogP contribution in [0.15, 0.2) is 60.2 Å². The summed E-state index contributed by atoms with van der Waals surface area (Å²) < 4.78 is 20.9. The third-order valence-electron chi connectivity index (χ3n) is 6.24. The maximum atomic E-state index is 13.1. The van der Waals surface area contributed by atoms with Crippen molar-refractivity contribution < 1.29 is 13.9 Å². The molecule has 0 saturated heterocycles. The molecular formula is C28H28FN3O2. The highest BCUT2D eigenvalue weighted by Gasteiger charge is 2.20. The number of nitrogens with one attached hydrogen (secondary N) is 1. The molecule has 4 rings (SSSR count). The molecule has 0 unspecified atom stereocenters. The molecule has 3 aromatic rings. The smallest absolute Gasteiger partial charge is 0.262 e. The molecule has 1 amide bonds. The van der Waals surface area contributed by atoms with Crippen molar-refractivity contribution in [3.8, 4) is 17.5 Å².